The lowest BCUT2D eigenvalue weighted by Crippen LogP contribution is -2.52. The van der Waals surface area contributed by atoms with Crippen molar-refractivity contribution in [1.82, 2.24) is 10.6 Å². The van der Waals surface area contributed by atoms with Crippen LogP contribution in [-0.4, -0.2) is 36.6 Å². The van der Waals surface area contributed by atoms with E-state index in [0.29, 0.717) is 24.3 Å². The van der Waals surface area contributed by atoms with Crippen molar-refractivity contribution in [3.8, 4) is 0 Å². The van der Waals surface area contributed by atoms with Crippen LogP contribution < -0.4 is 16.0 Å². The number of rotatable bonds is 8. The molecule has 3 amide bonds. The van der Waals surface area contributed by atoms with Crippen molar-refractivity contribution in [1.29, 1.82) is 0 Å². The summed E-state index contributed by atoms with van der Waals surface area (Å²) in [6.07, 6.45) is 5.78. The molecular formula is C25H31N3O4. The van der Waals surface area contributed by atoms with Crippen LogP contribution in [0.4, 0.5) is 10.5 Å². The smallest absolute Gasteiger partial charge is 0.338 e. The van der Waals surface area contributed by atoms with E-state index in [1.807, 2.05) is 30.3 Å². The van der Waals surface area contributed by atoms with E-state index >= 15 is 0 Å². The number of amides is 3. The number of hydrogen-bond acceptors (Lipinski definition) is 4. The van der Waals surface area contributed by atoms with Gasteiger partial charge in [-0.15, -0.1) is 0 Å². The van der Waals surface area contributed by atoms with Gasteiger partial charge in [-0.25, -0.2) is 9.59 Å². The van der Waals surface area contributed by atoms with E-state index in [9.17, 15) is 14.4 Å². The minimum atomic E-state index is -0.696. The first-order valence-corrected chi connectivity index (χ1v) is 11.2. The second kappa shape index (κ2) is 11.9. The van der Waals surface area contributed by atoms with Crippen LogP contribution in [0.2, 0.25) is 0 Å². The van der Waals surface area contributed by atoms with E-state index < -0.39 is 18.0 Å². The Morgan fingerprint density at radius 3 is 2.31 bits per heavy atom. The number of hydrogen-bond donors (Lipinski definition) is 3. The van der Waals surface area contributed by atoms with Crippen LogP contribution in [0, 0.1) is 0 Å². The van der Waals surface area contributed by atoms with Crippen LogP contribution in [0.25, 0.3) is 0 Å². The highest BCUT2D eigenvalue weighted by Gasteiger charge is 2.24. The van der Waals surface area contributed by atoms with Gasteiger partial charge in [-0.2, -0.15) is 0 Å². The van der Waals surface area contributed by atoms with Crippen molar-refractivity contribution in [3.63, 3.8) is 0 Å². The van der Waals surface area contributed by atoms with Gasteiger partial charge in [0.15, 0.2) is 0 Å². The SMILES string of the molecule is CCOC(=O)c1ccc(NC(=O)NC(Cc2ccccc2)C(=O)NC2CCCCC2)cc1. The van der Waals surface area contributed by atoms with Crippen LogP contribution >= 0.6 is 0 Å². The van der Waals surface area contributed by atoms with Crippen molar-refractivity contribution in [2.45, 2.75) is 57.5 Å². The molecule has 0 heterocycles. The van der Waals surface area contributed by atoms with Crippen molar-refractivity contribution < 1.29 is 19.1 Å². The van der Waals surface area contributed by atoms with Gasteiger partial charge in [0.25, 0.3) is 0 Å². The molecule has 3 rings (SSSR count). The Kier molecular flexibility index (Phi) is 8.66. The Morgan fingerprint density at radius 1 is 0.969 bits per heavy atom. The topological polar surface area (TPSA) is 96.5 Å². The standard InChI is InChI=1S/C25H31N3O4/c1-2-32-24(30)19-13-15-21(16-14-19)27-25(31)28-22(17-18-9-5-3-6-10-18)23(29)26-20-11-7-4-8-12-20/h3,5-6,9-10,13-16,20,22H,2,4,7-8,11-12,17H2,1H3,(H,26,29)(H2,27,28,31). The van der Waals surface area contributed by atoms with Gasteiger partial charge in [0, 0.05) is 18.2 Å². The van der Waals surface area contributed by atoms with Gasteiger partial charge >= 0.3 is 12.0 Å². The van der Waals surface area contributed by atoms with Gasteiger partial charge in [0.05, 0.1) is 12.2 Å². The highest BCUT2D eigenvalue weighted by atomic mass is 16.5. The molecule has 1 aliphatic carbocycles. The maximum Gasteiger partial charge on any atom is 0.338 e. The number of carbonyl (C=O) groups is 3. The predicted molar refractivity (Wildman–Crippen MR) is 124 cm³/mol. The fourth-order valence-corrected chi connectivity index (χ4v) is 3.84. The number of anilines is 1. The lowest BCUT2D eigenvalue weighted by Gasteiger charge is -2.26. The van der Waals surface area contributed by atoms with E-state index in [1.165, 1.54) is 6.42 Å². The van der Waals surface area contributed by atoms with Gasteiger partial charge in [0.1, 0.15) is 6.04 Å². The molecule has 0 saturated heterocycles. The first kappa shape index (κ1) is 23.3. The third kappa shape index (κ3) is 7.11. The lowest BCUT2D eigenvalue weighted by molar-refractivity contribution is -0.123. The molecule has 1 fully saturated rings. The van der Waals surface area contributed by atoms with Crippen LogP contribution in [0.1, 0.15) is 54.9 Å². The van der Waals surface area contributed by atoms with Crippen LogP contribution in [-0.2, 0) is 16.0 Å². The summed E-state index contributed by atoms with van der Waals surface area (Å²) in [5.74, 6) is -0.584. The van der Waals surface area contributed by atoms with Gasteiger partial charge in [-0.05, 0) is 49.6 Å². The van der Waals surface area contributed by atoms with E-state index in [2.05, 4.69) is 16.0 Å². The van der Waals surface area contributed by atoms with Crippen molar-refractivity contribution in [3.05, 3.63) is 65.7 Å². The molecule has 2 aromatic carbocycles. The first-order chi connectivity index (χ1) is 15.5. The van der Waals surface area contributed by atoms with Gasteiger partial charge in [-0.3, -0.25) is 4.79 Å². The van der Waals surface area contributed by atoms with E-state index in [1.54, 1.807) is 31.2 Å². The predicted octanol–water partition coefficient (Wildman–Crippen LogP) is 4.05. The largest absolute Gasteiger partial charge is 0.462 e. The number of nitrogens with one attached hydrogen (secondary N) is 3. The minimum Gasteiger partial charge on any atom is -0.462 e. The normalized spacial score (nSPS) is 14.8. The maximum atomic E-state index is 13.0. The molecule has 1 saturated carbocycles. The molecule has 0 aromatic heterocycles. The van der Waals surface area contributed by atoms with Gasteiger partial charge < -0.3 is 20.7 Å². The van der Waals surface area contributed by atoms with E-state index in [-0.39, 0.29) is 11.9 Å². The monoisotopic (exact) mass is 437 g/mol. The van der Waals surface area contributed by atoms with Crippen LogP contribution in [0.15, 0.2) is 54.6 Å². The number of esters is 1. The molecule has 32 heavy (non-hydrogen) atoms. The van der Waals surface area contributed by atoms with Gasteiger partial charge in [-0.1, -0.05) is 49.6 Å². The van der Waals surface area contributed by atoms with Crippen molar-refractivity contribution in [2.24, 2.45) is 0 Å². The Labute approximate surface area is 188 Å². The van der Waals surface area contributed by atoms with Crippen LogP contribution in [0.5, 0.6) is 0 Å². The molecule has 1 unspecified atom stereocenters. The van der Waals surface area contributed by atoms with Gasteiger partial charge in [0.2, 0.25) is 5.91 Å². The zero-order valence-electron chi connectivity index (χ0n) is 18.4. The molecule has 3 N–H and O–H groups in total. The van der Waals surface area contributed by atoms with Crippen LogP contribution in [0.3, 0.4) is 0 Å². The Morgan fingerprint density at radius 2 is 1.66 bits per heavy atom. The molecule has 1 atom stereocenters. The molecule has 0 spiro atoms. The molecule has 0 radical (unpaired) electrons. The maximum absolute atomic E-state index is 13.0. The number of ether oxygens (including phenoxy) is 1. The second-order valence-corrected chi connectivity index (χ2v) is 7.98. The molecule has 0 aliphatic heterocycles. The molecule has 7 heteroatoms. The second-order valence-electron chi connectivity index (χ2n) is 7.98. The summed E-state index contributed by atoms with van der Waals surface area (Å²) in [7, 11) is 0. The number of urea groups is 1. The summed E-state index contributed by atoms with van der Waals surface area (Å²) >= 11 is 0. The summed E-state index contributed by atoms with van der Waals surface area (Å²) in [4.78, 5) is 37.4. The zero-order valence-corrected chi connectivity index (χ0v) is 18.4. The lowest BCUT2D eigenvalue weighted by atomic mass is 9.95. The minimum absolute atomic E-state index is 0.162. The highest BCUT2D eigenvalue weighted by molar-refractivity contribution is 5.95. The zero-order chi connectivity index (χ0) is 22.8. The molecule has 2 aromatic rings. The summed E-state index contributed by atoms with van der Waals surface area (Å²) in [5.41, 5.74) is 1.89. The van der Waals surface area contributed by atoms with Crippen molar-refractivity contribution >= 4 is 23.6 Å². The third-order valence-electron chi connectivity index (χ3n) is 5.51. The number of benzene rings is 2. The summed E-state index contributed by atoms with van der Waals surface area (Å²) in [6.45, 7) is 2.04. The average molecular weight is 438 g/mol. The molecule has 7 nitrogen and oxygen atoms in total. The van der Waals surface area contributed by atoms with Crippen molar-refractivity contribution in [2.75, 3.05) is 11.9 Å². The molecule has 170 valence electrons. The summed E-state index contributed by atoms with van der Waals surface area (Å²) in [5, 5.41) is 8.65. The first-order valence-electron chi connectivity index (χ1n) is 11.2. The fourth-order valence-electron chi connectivity index (χ4n) is 3.84. The quantitative estimate of drug-likeness (QED) is 0.543. The number of carbonyl (C=O) groups excluding carboxylic acids is 3. The summed E-state index contributed by atoms with van der Waals surface area (Å²) in [6, 6.07) is 15.0. The molecular weight excluding hydrogens is 406 g/mol. The summed E-state index contributed by atoms with van der Waals surface area (Å²) < 4.78 is 4.96. The Balaban J connectivity index is 1.62. The molecule has 1 aliphatic rings. The Hall–Kier alpha value is -3.35. The fraction of sp³-hybridized carbons (Fsp3) is 0.400. The third-order valence-corrected chi connectivity index (χ3v) is 5.51. The average Bonchev–Trinajstić information content (AvgIpc) is 2.80. The van der Waals surface area contributed by atoms with E-state index in [4.69, 9.17) is 4.74 Å². The van der Waals surface area contributed by atoms with E-state index in [0.717, 1.165) is 31.2 Å². The molecule has 0 bridgehead atoms. The Bertz CT molecular complexity index is 893. The highest BCUT2D eigenvalue weighted by Crippen LogP contribution is 2.18.